The van der Waals surface area contributed by atoms with Gasteiger partial charge in [0, 0.05) is 6.42 Å². The fourth-order valence-corrected chi connectivity index (χ4v) is 3.74. The highest BCUT2D eigenvalue weighted by molar-refractivity contribution is 6.03. The Morgan fingerprint density at radius 3 is 2.81 bits per heavy atom. The minimum atomic E-state index is -0.783. The number of ether oxygens (including phenoxy) is 3. The number of aromatic hydroxyl groups is 1. The molecular weight excluding hydrogens is 404 g/mol. The van der Waals surface area contributed by atoms with Crippen molar-refractivity contribution in [3.05, 3.63) is 74.4 Å². The molecule has 0 unspecified atom stereocenters. The average molecular weight is 422 g/mol. The number of aromatic amines is 1. The maximum atomic E-state index is 12.6. The third kappa shape index (κ3) is 3.08. The number of hydrogen-bond donors (Lipinski definition) is 3. The molecule has 5 rings (SSSR count). The Balaban J connectivity index is 1.53. The highest BCUT2D eigenvalue weighted by Gasteiger charge is 2.29. The van der Waals surface area contributed by atoms with Crippen LogP contribution in [0.2, 0.25) is 0 Å². The van der Waals surface area contributed by atoms with E-state index >= 15 is 0 Å². The van der Waals surface area contributed by atoms with Gasteiger partial charge in [-0.25, -0.2) is 9.36 Å². The molecule has 3 N–H and O–H groups in total. The number of hydrogen-bond acceptors (Lipinski definition) is 8. The van der Waals surface area contributed by atoms with Gasteiger partial charge in [-0.05, 0) is 29.8 Å². The zero-order valence-corrected chi connectivity index (χ0v) is 16.4. The van der Waals surface area contributed by atoms with Gasteiger partial charge >= 0.3 is 5.69 Å². The maximum Gasteiger partial charge on any atom is 0.335 e. The van der Waals surface area contributed by atoms with Crippen LogP contribution in [0.3, 0.4) is 0 Å². The Morgan fingerprint density at radius 1 is 1.16 bits per heavy atom. The molecule has 2 aliphatic rings. The van der Waals surface area contributed by atoms with Crippen molar-refractivity contribution in [2.75, 3.05) is 13.9 Å². The molecule has 0 spiro atoms. The van der Waals surface area contributed by atoms with Crippen molar-refractivity contribution < 1.29 is 19.3 Å². The molecule has 31 heavy (non-hydrogen) atoms. The number of nitrogens with zero attached hydrogens (tertiary/aromatic N) is 2. The quantitative estimate of drug-likeness (QED) is 0.580. The fraction of sp³-hybridized carbons (Fsp3) is 0.190. The van der Waals surface area contributed by atoms with Crippen molar-refractivity contribution in [2.45, 2.75) is 12.5 Å². The predicted molar refractivity (Wildman–Crippen MR) is 110 cm³/mol. The van der Waals surface area contributed by atoms with Gasteiger partial charge in [-0.2, -0.15) is 5.10 Å². The van der Waals surface area contributed by atoms with E-state index in [1.165, 1.54) is 7.11 Å². The number of fused-ring (bicyclic) bond motifs is 1. The number of H-pyrrole nitrogens is 1. The normalized spacial score (nSPS) is 16.7. The van der Waals surface area contributed by atoms with Gasteiger partial charge in [0.15, 0.2) is 11.5 Å². The van der Waals surface area contributed by atoms with Crippen LogP contribution in [-0.4, -0.2) is 34.3 Å². The van der Waals surface area contributed by atoms with Gasteiger partial charge in [-0.15, -0.1) is 0 Å². The third-order valence-corrected chi connectivity index (χ3v) is 5.25. The second kappa shape index (κ2) is 7.24. The number of rotatable bonds is 4. The second-order valence-corrected chi connectivity index (χ2v) is 7.02. The molecule has 2 aromatic carbocycles. The zero-order valence-electron chi connectivity index (χ0n) is 16.4. The van der Waals surface area contributed by atoms with Crippen molar-refractivity contribution in [3.63, 3.8) is 0 Å². The summed E-state index contributed by atoms with van der Waals surface area (Å²) in [4.78, 5) is 27.3. The first kappa shape index (κ1) is 18.8. The van der Waals surface area contributed by atoms with E-state index in [1.807, 2.05) is 18.2 Å². The second-order valence-electron chi connectivity index (χ2n) is 7.02. The van der Waals surface area contributed by atoms with Gasteiger partial charge in [-0.3, -0.25) is 9.78 Å². The molecule has 1 atom stereocenters. The molecule has 0 amide bonds. The molecule has 0 saturated carbocycles. The van der Waals surface area contributed by atoms with Crippen LogP contribution in [0.4, 0.5) is 0 Å². The smallest absolute Gasteiger partial charge is 0.335 e. The van der Waals surface area contributed by atoms with Crippen molar-refractivity contribution >= 4 is 5.71 Å². The lowest BCUT2D eigenvalue weighted by Gasteiger charge is -2.14. The Bertz CT molecular complexity index is 1330. The van der Waals surface area contributed by atoms with Crippen LogP contribution < -0.4 is 30.9 Å². The van der Waals surface area contributed by atoms with E-state index in [-0.39, 0.29) is 18.4 Å². The van der Waals surface area contributed by atoms with Crippen molar-refractivity contribution in [3.8, 4) is 28.8 Å². The van der Waals surface area contributed by atoms with E-state index in [1.54, 1.807) is 24.3 Å². The molecule has 0 bridgehead atoms. The van der Waals surface area contributed by atoms with E-state index in [2.05, 4.69) is 15.5 Å². The van der Waals surface area contributed by atoms with E-state index in [9.17, 15) is 14.7 Å². The Labute approximate surface area is 175 Å². The Hall–Kier alpha value is -4.21. The van der Waals surface area contributed by atoms with E-state index in [0.717, 1.165) is 10.1 Å². The predicted octanol–water partition coefficient (Wildman–Crippen LogP) is 1.41. The third-order valence-electron chi connectivity index (χ3n) is 5.25. The molecule has 3 aromatic rings. The molecule has 2 aliphatic heterocycles. The van der Waals surface area contributed by atoms with Crippen LogP contribution in [0.15, 0.2) is 57.2 Å². The minimum absolute atomic E-state index is 0.0822. The summed E-state index contributed by atoms with van der Waals surface area (Å²) in [5.74, 6) is 1.16. The zero-order chi connectivity index (χ0) is 21.5. The summed E-state index contributed by atoms with van der Waals surface area (Å²) in [7, 11) is 1.45. The maximum absolute atomic E-state index is 12.6. The SMILES string of the molecule is COc1ccccc1-n1c(O)c(C2=NN[C@H](c3ccc4c(c3)OCO4)C2)c(=O)[nH]c1=O. The molecular formula is C21H18N4O6. The number of methoxy groups -OCH3 is 1. The number of para-hydroxylation sites is 2. The van der Waals surface area contributed by atoms with Crippen LogP contribution in [0.25, 0.3) is 5.69 Å². The molecule has 10 heteroatoms. The largest absolute Gasteiger partial charge is 0.495 e. The summed E-state index contributed by atoms with van der Waals surface area (Å²) in [6.07, 6.45) is 0.320. The van der Waals surface area contributed by atoms with Crippen molar-refractivity contribution in [2.24, 2.45) is 5.10 Å². The highest BCUT2D eigenvalue weighted by atomic mass is 16.7. The van der Waals surface area contributed by atoms with Gasteiger partial charge < -0.3 is 24.7 Å². The lowest BCUT2D eigenvalue weighted by molar-refractivity contribution is 0.174. The van der Waals surface area contributed by atoms with E-state index in [4.69, 9.17) is 14.2 Å². The number of hydrazone groups is 1. The summed E-state index contributed by atoms with van der Waals surface area (Å²) < 4.78 is 17.0. The number of benzene rings is 2. The first-order valence-electron chi connectivity index (χ1n) is 9.50. The molecule has 3 heterocycles. The molecule has 10 nitrogen and oxygen atoms in total. The van der Waals surface area contributed by atoms with Gasteiger partial charge in [0.2, 0.25) is 12.7 Å². The molecule has 0 radical (unpaired) electrons. The summed E-state index contributed by atoms with van der Waals surface area (Å²) >= 11 is 0. The van der Waals surface area contributed by atoms with Crippen LogP contribution in [0, 0.1) is 0 Å². The first-order valence-corrected chi connectivity index (χ1v) is 9.50. The molecule has 1 aromatic heterocycles. The molecule has 0 fully saturated rings. The lowest BCUT2D eigenvalue weighted by atomic mass is 9.99. The highest BCUT2D eigenvalue weighted by Crippen LogP contribution is 2.36. The van der Waals surface area contributed by atoms with Gasteiger partial charge in [0.1, 0.15) is 11.3 Å². The number of aromatic nitrogens is 2. The van der Waals surface area contributed by atoms with Crippen LogP contribution in [0.1, 0.15) is 23.6 Å². The van der Waals surface area contributed by atoms with E-state index < -0.39 is 17.1 Å². The summed E-state index contributed by atoms with van der Waals surface area (Å²) in [6, 6.07) is 12.0. The summed E-state index contributed by atoms with van der Waals surface area (Å²) in [5.41, 5.74) is 2.90. The first-order chi connectivity index (χ1) is 15.1. The molecule has 158 valence electrons. The van der Waals surface area contributed by atoms with Gasteiger partial charge in [-0.1, -0.05) is 18.2 Å². The average Bonchev–Trinajstić information content (AvgIpc) is 3.43. The standard InChI is InChI=1S/C21H18N4O6/c1-29-15-5-3-2-4-14(15)25-20(27)18(19(26)22-21(25)28)13-9-12(23-24-13)11-6-7-16-17(8-11)31-10-30-16/h2-8,12,23,27H,9-10H2,1H3,(H,22,26,28)/t12-/m0/s1. The minimum Gasteiger partial charge on any atom is -0.495 e. The topological polar surface area (TPSA) is 127 Å². The fourth-order valence-electron chi connectivity index (χ4n) is 3.74. The molecule has 0 saturated heterocycles. The number of nitrogens with one attached hydrogen (secondary N) is 2. The summed E-state index contributed by atoms with van der Waals surface area (Å²) in [5, 5.41) is 15.2. The van der Waals surface area contributed by atoms with Crippen molar-refractivity contribution in [1.82, 2.24) is 15.0 Å². The van der Waals surface area contributed by atoms with Crippen LogP contribution in [0.5, 0.6) is 23.1 Å². The van der Waals surface area contributed by atoms with Crippen LogP contribution >= 0.6 is 0 Å². The molecule has 0 aliphatic carbocycles. The monoisotopic (exact) mass is 422 g/mol. The van der Waals surface area contributed by atoms with Gasteiger partial charge in [0.05, 0.1) is 24.6 Å². The Morgan fingerprint density at radius 2 is 1.97 bits per heavy atom. The lowest BCUT2D eigenvalue weighted by Crippen LogP contribution is -2.33. The van der Waals surface area contributed by atoms with Crippen molar-refractivity contribution in [1.29, 1.82) is 0 Å². The van der Waals surface area contributed by atoms with E-state index in [0.29, 0.717) is 35.1 Å². The van der Waals surface area contributed by atoms with Crippen LogP contribution in [-0.2, 0) is 0 Å². The summed E-state index contributed by atoms with van der Waals surface area (Å²) in [6.45, 7) is 0.173. The Kier molecular flexibility index (Phi) is 4.39. The van der Waals surface area contributed by atoms with Gasteiger partial charge in [0.25, 0.3) is 5.56 Å².